The number of benzene rings is 2. The lowest BCUT2D eigenvalue weighted by atomic mass is 10.1. The van der Waals surface area contributed by atoms with E-state index in [2.05, 4.69) is 60.5 Å². The van der Waals surface area contributed by atoms with Crippen molar-refractivity contribution >= 4 is 19.2 Å². The number of carbonyl (C=O) groups excluding carboxylic acids is 1. The summed E-state index contributed by atoms with van der Waals surface area (Å²) < 4.78 is 12.8. The minimum absolute atomic E-state index is 0.0118. The molecule has 0 saturated carbocycles. The summed E-state index contributed by atoms with van der Waals surface area (Å²) in [6.45, 7) is 4.80. The molecule has 5 atom stereocenters. The Kier molecular flexibility index (Phi) is 4.42. The molecule has 3 heterocycles. The van der Waals surface area contributed by atoms with Crippen LogP contribution in [0.2, 0.25) is 19.1 Å². The molecule has 3 aliphatic rings. The smallest absolute Gasteiger partial charge is 0.223 e. The summed E-state index contributed by atoms with van der Waals surface area (Å²) in [5.74, 6) is 0.269. The lowest BCUT2D eigenvalue weighted by molar-refractivity contribution is -0.136. The Morgan fingerprint density at radius 2 is 1.61 bits per heavy atom. The number of rotatable bonds is 4. The first-order valence-electron chi connectivity index (χ1n) is 10.3. The van der Waals surface area contributed by atoms with Crippen LogP contribution < -0.4 is 5.19 Å². The van der Waals surface area contributed by atoms with E-state index >= 15 is 0 Å². The van der Waals surface area contributed by atoms with E-state index in [1.807, 2.05) is 18.2 Å². The summed E-state index contributed by atoms with van der Waals surface area (Å²) in [4.78, 5) is 14.8. The van der Waals surface area contributed by atoms with Gasteiger partial charge in [0.2, 0.25) is 5.91 Å². The number of carbonyl (C=O) groups is 1. The molecule has 0 aromatic heterocycles. The van der Waals surface area contributed by atoms with Gasteiger partial charge < -0.3 is 14.4 Å². The monoisotopic (exact) mass is 393 g/mol. The number of hydrogen-bond acceptors (Lipinski definition) is 3. The van der Waals surface area contributed by atoms with Crippen molar-refractivity contribution in [2.45, 2.75) is 62.6 Å². The van der Waals surface area contributed by atoms with E-state index in [9.17, 15) is 4.79 Å². The van der Waals surface area contributed by atoms with Gasteiger partial charge in [0.15, 0.2) is 6.29 Å². The minimum Gasteiger partial charge on any atom is -0.340 e. The summed E-state index contributed by atoms with van der Waals surface area (Å²) in [5.41, 5.74) is 1.06. The first kappa shape index (κ1) is 18.1. The van der Waals surface area contributed by atoms with Gasteiger partial charge in [-0.2, -0.15) is 0 Å². The highest BCUT2D eigenvalue weighted by Crippen LogP contribution is 2.47. The quantitative estimate of drug-likeness (QED) is 0.747. The van der Waals surface area contributed by atoms with Gasteiger partial charge in [0, 0.05) is 12.0 Å². The zero-order valence-electron chi connectivity index (χ0n) is 16.5. The molecule has 146 valence electrons. The molecule has 1 amide bonds. The van der Waals surface area contributed by atoms with Crippen LogP contribution in [0.1, 0.15) is 24.7 Å². The van der Waals surface area contributed by atoms with Gasteiger partial charge in [-0.3, -0.25) is 4.79 Å². The number of fused-ring (bicyclic) bond motifs is 3. The van der Waals surface area contributed by atoms with Crippen molar-refractivity contribution in [3.8, 4) is 0 Å². The highest BCUT2D eigenvalue weighted by Gasteiger charge is 2.59. The van der Waals surface area contributed by atoms with Gasteiger partial charge in [0.1, 0.15) is 12.2 Å². The van der Waals surface area contributed by atoms with Crippen molar-refractivity contribution in [1.82, 2.24) is 4.90 Å². The number of ether oxygens (including phenoxy) is 2. The third-order valence-corrected chi connectivity index (χ3v) is 9.98. The molecule has 0 spiro atoms. The Balaban J connectivity index is 1.43. The van der Waals surface area contributed by atoms with Crippen molar-refractivity contribution < 1.29 is 14.3 Å². The summed E-state index contributed by atoms with van der Waals surface area (Å²) >= 11 is 0. The largest absolute Gasteiger partial charge is 0.340 e. The molecular formula is C23H27NO3Si. The molecule has 28 heavy (non-hydrogen) atoms. The fourth-order valence-corrected chi connectivity index (χ4v) is 8.04. The molecule has 2 aromatic carbocycles. The summed E-state index contributed by atoms with van der Waals surface area (Å²) in [6.07, 6.45) is 1.15. The van der Waals surface area contributed by atoms with Crippen LogP contribution in [0.4, 0.5) is 0 Å². The number of nitrogens with zero attached hydrogens (tertiary/aromatic N) is 1. The Hall–Kier alpha value is -1.95. The normalized spacial score (nSPS) is 31.9. The molecule has 0 unspecified atom stereocenters. The van der Waals surface area contributed by atoms with Crippen LogP contribution >= 0.6 is 0 Å². The Morgan fingerprint density at radius 1 is 0.964 bits per heavy atom. The zero-order chi connectivity index (χ0) is 19.3. The van der Waals surface area contributed by atoms with Crippen molar-refractivity contribution in [2.75, 3.05) is 0 Å². The average Bonchev–Trinajstić information content (AvgIpc) is 3.37. The van der Waals surface area contributed by atoms with Gasteiger partial charge in [0.25, 0.3) is 0 Å². The molecule has 2 aromatic rings. The van der Waals surface area contributed by atoms with E-state index in [-0.39, 0.29) is 36.5 Å². The lowest BCUT2D eigenvalue weighted by Gasteiger charge is -2.34. The van der Waals surface area contributed by atoms with Crippen LogP contribution in [0.3, 0.4) is 0 Å². The van der Waals surface area contributed by atoms with Crippen LogP contribution in [0.5, 0.6) is 0 Å². The SMILES string of the molecule is C[Si](C)(C[C@@H]1[C@H]2O[C@@H](c3ccccc3)O[C@H]2[C@H]2CCC(=O)N21)c1ccccc1. The van der Waals surface area contributed by atoms with Crippen molar-refractivity contribution in [1.29, 1.82) is 0 Å². The molecule has 0 N–H and O–H groups in total. The van der Waals surface area contributed by atoms with Crippen LogP contribution in [-0.4, -0.2) is 43.2 Å². The standard InChI is InChI=1S/C23H27NO3Si/c1-28(2,17-11-7-4-8-12-17)15-19-22-21(18-13-14-20(25)24(18)19)26-23(27-22)16-9-5-3-6-10-16/h3-12,18-19,21-23H,13-15H2,1-2H3/t18-,19-,21+,22-,23+/m1/s1. The first-order valence-corrected chi connectivity index (χ1v) is 13.5. The maximum absolute atomic E-state index is 12.7. The second kappa shape index (κ2) is 6.83. The van der Waals surface area contributed by atoms with Gasteiger partial charge in [-0.1, -0.05) is 78.9 Å². The number of hydrogen-bond donors (Lipinski definition) is 0. The van der Waals surface area contributed by atoms with Gasteiger partial charge in [-0.25, -0.2) is 0 Å². The van der Waals surface area contributed by atoms with Crippen LogP contribution in [0.25, 0.3) is 0 Å². The second-order valence-corrected chi connectivity index (χ2v) is 13.6. The van der Waals surface area contributed by atoms with Crippen molar-refractivity contribution in [3.05, 3.63) is 66.2 Å². The molecule has 0 aliphatic carbocycles. The molecule has 0 bridgehead atoms. The van der Waals surface area contributed by atoms with Gasteiger partial charge >= 0.3 is 0 Å². The molecule has 5 rings (SSSR count). The van der Waals surface area contributed by atoms with Crippen LogP contribution in [-0.2, 0) is 14.3 Å². The Labute approximate surface area is 167 Å². The van der Waals surface area contributed by atoms with Gasteiger partial charge in [-0.05, 0) is 12.5 Å². The van der Waals surface area contributed by atoms with E-state index in [1.54, 1.807) is 0 Å². The van der Waals surface area contributed by atoms with Crippen molar-refractivity contribution in [3.63, 3.8) is 0 Å². The molecule has 3 fully saturated rings. The highest BCUT2D eigenvalue weighted by atomic mass is 28.3. The molecule has 4 nitrogen and oxygen atoms in total. The number of amides is 1. The topological polar surface area (TPSA) is 38.8 Å². The molecular weight excluding hydrogens is 366 g/mol. The predicted octanol–water partition coefficient (Wildman–Crippen LogP) is 3.46. The van der Waals surface area contributed by atoms with E-state index in [1.165, 1.54) is 5.19 Å². The summed E-state index contributed by atoms with van der Waals surface area (Å²) in [5, 5.41) is 1.43. The lowest BCUT2D eigenvalue weighted by Crippen LogP contribution is -2.50. The summed E-state index contributed by atoms with van der Waals surface area (Å²) in [7, 11) is -1.72. The third kappa shape index (κ3) is 2.93. The van der Waals surface area contributed by atoms with Gasteiger partial charge in [-0.15, -0.1) is 0 Å². The van der Waals surface area contributed by atoms with E-state index in [0.717, 1.165) is 18.0 Å². The highest BCUT2D eigenvalue weighted by molar-refractivity contribution is 6.89. The van der Waals surface area contributed by atoms with E-state index in [0.29, 0.717) is 6.42 Å². The fourth-order valence-electron chi connectivity index (χ4n) is 5.24. The summed E-state index contributed by atoms with van der Waals surface area (Å²) in [6, 6.07) is 22.2. The maximum atomic E-state index is 12.7. The molecule has 0 radical (unpaired) electrons. The maximum Gasteiger partial charge on any atom is 0.223 e. The van der Waals surface area contributed by atoms with E-state index < -0.39 is 8.07 Å². The van der Waals surface area contributed by atoms with Crippen LogP contribution in [0.15, 0.2) is 60.7 Å². The first-order chi connectivity index (χ1) is 13.5. The second-order valence-electron chi connectivity index (χ2n) is 8.87. The zero-order valence-corrected chi connectivity index (χ0v) is 17.5. The third-order valence-electron chi connectivity index (χ3n) is 6.65. The van der Waals surface area contributed by atoms with E-state index in [4.69, 9.17) is 9.47 Å². The molecule has 5 heteroatoms. The van der Waals surface area contributed by atoms with Crippen LogP contribution in [0, 0.1) is 0 Å². The molecule has 3 aliphatic heterocycles. The average molecular weight is 394 g/mol. The van der Waals surface area contributed by atoms with Crippen molar-refractivity contribution in [2.24, 2.45) is 0 Å². The minimum atomic E-state index is -1.72. The Bertz CT molecular complexity index is 857. The molecule has 3 saturated heterocycles. The van der Waals surface area contributed by atoms with Gasteiger partial charge in [0.05, 0.1) is 20.2 Å². The predicted molar refractivity (Wildman–Crippen MR) is 111 cm³/mol. The Morgan fingerprint density at radius 3 is 2.32 bits per heavy atom. The fraction of sp³-hybridized carbons (Fsp3) is 0.435.